The second-order valence-corrected chi connectivity index (χ2v) is 4.38. The van der Waals surface area contributed by atoms with Gasteiger partial charge in [0.15, 0.2) is 6.61 Å². The number of aromatic nitrogens is 1. The molecule has 0 aliphatic carbocycles. The summed E-state index contributed by atoms with van der Waals surface area (Å²) in [5, 5.41) is 13.2. The molecule has 1 amide bonds. The van der Waals surface area contributed by atoms with Crippen molar-refractivity contribution in [2.75, 3.05) is 11.9 Å². The van der Waals surface area contributed by atoms with E-state index in [1.54, 1.807) is 13.0 Å². The summed E-state index contributed by atoms with van der Waals surface area (Å²) in [6, 6.07) is 7.04. The Morgan fingerprint density at radius 3 is 2.91 bits per heavy atom. The number of hydrogen-bond acceptors (Lipinski definition) is 5. The van der Waals surface area contributed by atoms with E-state index in [-0.39, 0.29) is 11.4 Å². The molecule has 0 saturated carbocycles. The van der Waals surface area contributed by atoms with Gasteiger partial charge in [0.25, 0.3) is 5.91 Å². The lowest BCUT2D eigenvalue weighted by molar-refractivity contribution is -0.390. The first-order valence-corrected chi connectivity index (χ1v) is 6.25. The van der Waals surface area contributed by atoms with Crippen LogP contribution in [-0.2, 0) is 4.79 Å². The van der Waals surface area contributed by atoms with E-state index < -0.39 is 29.1 Å². The van der Waals surface area contributed by atoms with Crippen LogP contribution in [0.5, 0.6) is 5.75 Å². The number of anilines is 1. The molecule has 0 unspecified atom stereocenters. The number of pyridine rings is 1. The number of nitrogens with zero attached hydrogens (tertiary/aromatic N) is 2. The minimum Gasteiger partial charge on any atom is -0.476 e. The van der Waals surface area contributed by atoms with Gasteiger partial charge < -0.3 is 20.2 Å². The Morgan fingerprint density at radius 2 is 2.23 bits per heavy atom. The van der Waals surface area contributed by atoms with Crippen molar-refractivity contribution in [1.82, 2.24) is 4.98 Å². The first-order valence-electron chi connectivity index (χ1n) is 6.25. The molecule has 0 bridgehead atoms. The number of nitrogens with one attached hydrogen (secondary N) is 1. The number of amides is 1. The van der Waals surface area contributed by atoms with Gasteiger partial charge in [0.05, 0.1) is 0 Å². The molecular formula is C14H12FN3O4. The largest absolute Gasteiger partial charge is 0.476 e. The molecule has 8 heteroatoms. The van der Waals surface area contributed by atoms with Crippen LogP contribution in [0.25, 0.3) is 0 Å². The lowest BCUT2D eigenvalue weighted by Crippen LogP contribution is -2.20. The van der Waals surface area contributed by atoms with E-state index in [1.807, 2.05) is 0 Å². The number of ether oxygens (including phenoxy) is 1. The van der Waals surface area contributed by atoms with Gasteiger partial charge in [-0.25, -0.2) is 4.39 Å². The Bertz CT molecular complexity index is 721. The van der Waals surface area contributed by atoms with Gasteiger partial charge >= 0.3 is 5.82 Å². The topological polar surface area (TPSA) is 94.4 Å². The molecule has 1 N–H and O–H groups in total. The van der Waals surface area contributed by atoms with E-state index in [2.05, 4.69) is 10.3 Å². The Morgan fingerprint density at radius 1 is 1.45 bits per heavy atom. The average molecular weight is 305 g/mol. The number of benzene rings is 1. The highest BCUT2D eigenvalue weighted by Crippen LogP contribution is 2.22. The zero-order chi connectivity index (χ0) is 16.1. The van der Waals surface area contributed by atoms with Gasteiger partial charge in [0, 0.05) is 5.69 Å². The summed E-state index contributed by atoms with van der Waals surface area (Å²) in [6.45, 7) is 1.15. The van der Waals surface area contributed by atoms with Crippen molar-refractivity contribution in [2.45, 2.75) is 6.92 Å². The molecule has 1 aromatic carbocycles. The Kier molecular flexibility index (Phi) is 4.62. The van der Waals surface area contributed by atoms with Gasteiger partial charge in [0.2, 0.25) is 5.75 Å². The maximum Gasteiger partial charge on any atom is 0.406 e. The van der Waals surface area contributed by atoms with Gasteiger partial charge in [-0.2, -0.15) is 0 Å². The highest BCUT2D eigenvalue weighted by molar-refractivity contribution is 5.91. The molecule has 0 spiro atoms. The predicted molar refractivity (Wildman–Crippen MR) is 76.2 cm³/mol. The number of carbonyl (C=O) groups excluding carboxylic acids is 1. The van der Waals surface area contributed by atoms with Crippen molar-refractivity contribution in [2.24, 2.45) is 0 Å². The van der Waals surface area contributed by atoms with Crippen molar-refractivity contribution in [3.8, 4) is 5.75 Å². The third kappa shape index (κ3) is 3.75. The molecule has 0 saturated heterocycles. The maximum absolute atomic E-state index is 13.4. The standard InChI is InChI=1S/C14H12FN3O4/c1-9-4-5-10(7-11(9)15)17-13(19)8-22-12-3-2-6-16-14(12)18(20)21/h2-7H,8H2,1H3,(H,17,19). The van der Waals surface area contributed by atoms with Gasteiger partial charge in [-0.15, -0.1) is 0 Å². The van der Waals surface area contributed by atoms with Gasteiger partial charge in [0.1, 0.15) is 12.0 Å². The highest BCUT2D eigenvalue weighted by Gasteiger charge is 2.16. The third-order valence-electron chi connectivity index (χ3n) is 2.74. The van der Waals surface area contributed by atoms with E-state index in [1.165, 1.54) is 30.5 Å². The van der Waals surface area contributed by atoms with E-state index >= 15 is 0 Å². The molecule has 0 fully saturated rings. The first-order chi connectivity index (χ1) is 10.5. The number of nitro groups is 1. The van der Waals surface area contributed by atoms with E-state index in [4.69, 9.17) is 4.74 Å². The summed E-state index contributed by atoms with van der Waals surface area (Å²) in [4.78, 5) is 25.3. The van der Waals surface area contributed by atoms with Crippen LogP contribution in [0.4, 0.5) is 15.9 Å². The molecule has 2 rings (SSSR count). The number of rotatable bonds is 5. The normalized spacial score (nSPS) is 10.1. The van der Waals surface area contributed by atoms with Crippen LogP contribution >= 0.6 is 0 Å². The number of aryl methyl sites for hydroxylation is 1. The lowest BCUT2D eigenvalue weighted by atomic mass is 10.2. The fourth-order valence-electron chi connectivity index (χ4n) is 1.64. The molecule has 1 heterocycles. The van der Waals surface area contributed by atoms with Crippen molar-refractivity contribution >= 4 is 17.4 Å². The monoisotopic (exact) mass is 305 g/mol. The first kappa shape index (κ1) is 15.4. The van der Waals surface area contributed by atoms with Crippen LogP contribution in [0.15, 0.2) is 36.5 Å². The van der Waals surface area contributed by atoms with Crippen LogP contribution < -0.4 is 10.1 Å². The van der Waals surface area contributed by atoms with Crippen LogP contribution in [0, 0.1) is 22.9 Å². The Hall–Kier alpha value is -3.03. The van der Waals surface area contributed by atoms with Crippen LogP contribution in [0.2, 0.25) is 0 Å². The highest BCUT2D eigenvalue weighted by atomic mass is 19.1. The summed E-state index contributed by atoms with van der Waals surface area (Å²) in [6.07, 6.45) is 1.25. The number of halogens is 1. The van der Waals surface area contributed by atoms with Crippen molar-refractivity contribution in [3.63, 3.8) is 0 Å². The Labute approximate surface area is 124 Å². The van der Waals surface area contributed by atoms with Crippen LogP contribution in [0.3, 0.4) is 0 Å². The molecule has 0 atom stereocenters. The SMILES string of the molecule is Cc1ccc(NC(=O)COc2cccnc2[N+](=O)[O-])cc1F. The van der Waals surface area contributed by atoms with Gasteiger partial charge in [-0.1, -0.05) is 6.07 Å². The number of hydrogen-bond donors (Lipinski definition) is 1. The molecule has 0 aliphatic heterocycles. The van der Waals surface area contributed by atoms with Crippen molar-refractivity contribution in [3.05, 3.63) is 58.0 Å². The van der Waals surface area contributed by atoms with Crippen LogP contribution in [-0.4, -0.2) is 22.4 Å². The fourth-order valence-corrected chi connectivity index (χ4v) is 1.64. The van der Waals surface area contributed by atoms with Crippen molar-refractivity contribution < 1.29 is 18.8 Å². The number of carbonyl (C=O) groups is 1. The average Bonchev–Trinajstić information content (AvgIpc) is 2.49. The van der Waals surface area contributed by atoms with E-state index in [0.29, 0.717) is 5.56 Å². The molecule has 0 aliphatic rings. The summed E-state index contributed by atoms with van der Waals surface area (Å²) in [5.74, 6) is -1.60. The zero-order valence-electron chi connectivity index (χ0n) is 11.6. The summed E-state index contributed by atoms with van der Waals surface area (Å²) < 4.78 is 18.4. The summed E-state index contributed by atoms with van der Waals surface area (Å²) in [5.41, 5.74) is 0.734. The molecule has 22 heavy (non-hydrogen) atoms. The lowest BCUT2D eigenvalue weighted by Gasteiger charge is -2.08. The summed E-state index contributed by atoms with van der Waals surface area (Å²) in [7, 11) is 0. The minimum absolute atomic E-state index is 0.113. The molecular weight excluding hydrogens is 293 g/mol. The molecule has 114 valence electrons. The van der Waals surface area contributed by atoms with E-state index in [9.17, 15) is 19.3 Å². The Balaban J connectivity index is 1.98. The van der Waals surface area contributed by atoms with Gasteiger partial charge in [-0.3, -0.25) is 4.79 Å². The zero-order valence-corrected chi connectivity index (χ0v) is 11.6. The second-order valence-electron chi connectivity index (χ2n) is 4.38. The molecule has 2 aromatic rings. The van der Waals surface area contributed by atoms with Crippen LogP contribution in [0.1, 0.15) is 5.56 Å². The second kappa shape index (κ2) is 6.61. The smallest absolute Gasteiger partial charge is 0.406 e. The molecule has 7 nitrogen and oxygen atoms in total. The summed E-state index contributed by atoms with van der Waals surface area (Å²) >= 11 is 0. The fraction of sp³-hybridized carbons (Fsp3) is 0.143. The predicted octanol–water partition coefficient (Wildman–Crippen LogP) is 2.45. The third-order valence-corrected chi connectivity index (χ3v) is 2.74. The van der Waals surface area contributed by atoms with E-state index in [0.717, 1.165) is 0 Å². The molecule has 0 radical (unpaired) electrons. The van der Waals surface area contributed by atoms with Gasteiger partial charge in [-0.05, 0) is 46.7 Å². The minimum atomic E-state index is -0.706. The maximum atomic E-state index is 13.4. The quantitative estimate of drug-likeness (QED) is 0.676. The molecule has 1 aromatic heterocycles. The van der Waals surface area contributed by atoms with Crippen molar-refractivity contribution in [1.29, 1.82) is 0 Å².